The van der Waals surface area contributed by atoms with Crippen molar-refractivity contribution in [3.8, 4) is 12.1 Å². The molecule has 0 bridgehead atoms. The molecule has 9 heteroatoms. The van der Waals surface area contributed by atoms with E-state index < -0.39 is 47.3 Å². The largest absolute Gasteiger partial charge is 0.456 e. The predicted molar refractivity (Wildman–Crippen MR) is 141 cm³/mol. The molecule has 1 aromatic rings. The van der Waals surface area contributed by atoms with E-state index in [4.69, 9.17) is 10.5 Å². The minimum Gasteiger partial charge on any atom is -0.383 e. The Kier molecular flexibility index (Phi) is 7.27. The molecule has 0 aromatic heterocycles. The van der Waals surface area contributed by atoms with E-state index in [1.165, 1.54) is 6.92 Å². The lowest BCUT2D eigenvalue weighted by molar-refractivity contribution is -0.362. The van der Waals surface area contributed by atoms with E-state index >= 15 is 8.78 Å². The number of nitrogens with zero attached hydrogens (tertiary/aromatic N) is 2. The first-order chi connectivity index (χ1) is 19.3. The number of hydrogen-bond donors (Lipinski definition) is 1. The Morgan fingerprint density at radius 2 is 1.76 bits per heavy atom. The number of carbonyl (C=O) groups is 1. The summed E-state index contributed by atoms with van der Waals surface area (Å²) < 4.78 is 71.3. The fraction of sp³-hybridized carbons (Fsp3) is 0.531. The molecule has 5 atom stereocenters. The van der Waals surface area contributed by atoms with Crippen LogP contribution in [0.4, 0.5) is 22.0 Å². The Balaban J connectivity index is 1.58. The molecule has 4 aliphatic carbocycles. The van der Waals surface area contributed by atoms with Crippen molar-refractivity contribution in [3.05, 3.63) is 64.3 Å². The second-order valence-electron chi connectivity index (χ2n) is 12.1. The lowest BCUT2D eigenvalue weighted by Gasteiger charge is -2.56. The SMILES string of the molecule is C[C@]12C[C@H](c3ccc(/C=C/CC(C#N)C#N)cc3)C3=C4CCC(=O)C=C4CC[C@H]3[C@@H]1CC[C@@]2(O)C(F)(F)C(F)(F)F. The minimum absolute atomic E-state index is 0.0335. The third-order valence-corrected chi connectivity index (χ3v) is 10.1. The van der Waals surface area contributed by atoms with Gasteiger partial charge in [-0.15, -0.1) is 0 Å². The zero-order valence-electron chi connectivity index (χ0n) is 22.6. The molecule has 2 saturated carbocycles. The number of ketones is 1. The normalized spacial score (nSPS) is 31.8. The highest BCUT2D eigenvalue weighted by atomic mass is 19.4. The second kappa shape index (κ2) is 10.2. The van der Waals surface area contributed by atoms with Gasteiger partial charge in [0.2, 0.25) is 0 Å². The van der Waals surface area contributed by atoms with Crippen molar-refractivity contribution in [3.63, 3.8) is 0 Å². The number of halogens is 5. The molecule has 5 rings (SSSR count). The minimum atomic E-state index is -5.88. The Bertz CT molecular complexity index is 1400. The van der Waals surface area contributed by atoms with Gasteiger partial charge in [-0.2, -0.15) is 32.5 Å². The third-order valence-electron chi connectivity index (χ3n) is 10.1. The van der Waals surface area contributed by atoms with E-state index in [1.54, 1.807) is 18.2 Å². The maximum absolute atomic E-state index is 15.1. The first-order valence-corrected chi connectivity index (χ1v) is 14.0. The number of hydrogen-bond acceptors (Lipinski definition) is 4. The number of alkyl halides is 5. The average molecular weight is 571 g/mol. The number of nitriles is 2. The zero-order valence-corrected chi connectivity index (χ0v) is 22.6. The maximum Gasteiger partial charge on any atom is 0.456 e. The molecule has 0 radical (unpaired) electrons. The van der Waals surface area contributed by atoms with Crippen LogP contribution in [0.1, 0.15) is 75.3 Å². The molecule has 0 spiro atoms. The summed E-state index contributed by atoms with van der Waals surface area (Å²) in [7, 11) is 0. The Hall–Kier alpha value is -3.30. The van der Waals surface area contributed by atoms with Gasteiger partial charge in [-0.25, -0.2) is 0 Å². The molecule has 0 aliphatic heterocycles. The summed E-state index contributed by atoms with van der Waals surface area (Å²) in [6.07, 6.45) is 0.799. The maximum atomic E-state index is 15.1. The van der Waals surface area contributed by atoms with Crippen molar-refractivity contribution in [1.82, 2.24) is 0 Å². The summed E-state index contributed by atoms with van der Waals surface area (Å²) in [5, 5.41) is 29.3. The molecule has 1 aromatic carbocycles. The predicted octanol–water partition coefficient (Wildman–Crippen LogP) is 7.58. The monoisotopic (exact) mass is 570 g/mol. The first-order valence-electron chi connectivity index (χ1n) is 14.0. The Morgan fingerprint density at radius 3 is 2.39 bits per heavy atom. The van der Waals surface area contributed by atoms with E-state index in [9.17, 15) is 23.1 Å². The van der Waals surface area contributed by atoms with Gasteiger partial charge < -0.3 is 5.11 Å². The van der Waals surface area contributed by atoms with Crippen LogP contribution in [0.25, 0.3) is 6.08 Å². The smallest absolute Gasteiger partial charge is 0.383 e. The summed E-state index contributed by atoms with van der Waals surface area (Å²) in [5.74, 6) is -7.32. The molecule has 4 aliphatic rings. The van der Waals surface area contributed by atoms with Crippen LogP contribution in [0.3, 0.4) is 0 Å². The highest BCUT2D eigenvalue weighted by Crippen LogP contribution is 2.70. The van der Waals surface area contributed by atoms with Crippen LogP contribution in [-0.4, -0.2) is 28.6 Å². The van der Waals surface area contributed by atoms with E-state index in [2.05, 4.69) is 0 Å². The molecule has 0 heterocycles. The highest BCUT2D eigenvalue weighted by molar-refractivity contribution is 5.93. The van der Waals surface area contributed by atoms with Gasteiger partial charge in [0, 0.05) is 17.8 Å². The van der Waals surface area contributed by atoms with Gasteiger partial charge in [-0.1, -0.05) is 48.9 Å². The zero-order chi connectivity index (χ0) is 29.8. The summed E-state index contributed by atoms with van der Waals surface area (Å²) in [6, 6.07) is 11.1. The van der Waals surface area contributed by atoms with Crippen molar-refractivity contribution in [2.24, 2.45) is 23.2 Å². The summed E-state index contributed by atoms with van der Waals surface area (Å²) in [4.78, 5) is 12.2. The Morgan fingerprint density at radius 1 is 1.07 bits per heavy atom. The number of carbonyl (C=O) groups excluding carboxylic acids is 1. The quantitative estimate of drug-likeness (QED) is 0.370. The van der Waals surface area contributed by atoms with Gasteiger partial charge in [-0.05, 0) is 85.1 Å². The van der Waals surface area contributed by atoms with Crippen LogP contribution in [0.15, 0.2) is 53.1 Å². The van der Waals surface area contributed by atoms with E-state index in [1.807, 2.05) is 36.4 Å². The van der Waals surface area contributed by atoms with Crippen LogP contribution >= 0.6 is 0 Å². The number of rotatable bonds is 5. The van der Waals surface area contributed by atoms with Crippen LogP contribution in [0.2, 0.25) is 0 Å². The van der Waals surface area contributed by atoms with Crippen LogP contribution in [0, 0.1) is 45.8 Å². The molecule has 0 amide bonds. The first kappa shape index (κ1) is 29.2. The fourth-order valence-electron chi connectivity index (χ4n) is 8.03. The second-order valence-corrected chi connectivity index (χ2v) is 12.1. The fourth-order valence-corrected chi connectivity index (χ4v) is 8.03. The molecular formula is C32H31F5N2O2. The molecule has 1 N–H and O–H groups in total. The van der Waals surface area contributed by atoms with Crippen molar-refractivity contribution in [2.75, 3.05) is 0 Å². The van der Waals surface area contributed by atoms with Gasteiger partial charge in [-0.3, -0.25) is 4.79 Å². The topological polar surface area (TPSA) is 84.9 Å². The molecule has 0 saturated heterocycles. The van der Waals surface area contributed by atoms with E-state index in [0.29, 0.717) is 25.7 Å². The van der Waals surface area contributed by atoms with Crippen molar-refractivity contribution in [1.29, 1.82) is 10.5 Å². The summed E-state index contributed by atoms with van der Waals surface area (Å²) >= 11 is 0. The number of aliphatic hydroxyl groups is 1. The standard InChI is InChI=1S/C32H31F5N2O2/c1-29-16-26(21-7-5-19(6-8-21)3-2-4-20(17-38)18-39)28-24-12-10-23(40)15-22(24)9-11-25(28)27(29)13-14-30(29,41)31(33,34)32(35,36)37/h2-3,5-8,15,20,25-27,41H,4,9-14,16H2,1H3/b3-2+/t25-,26+,27-,29-,30-/m0/s1. The van der Waals surface area contributed by atoms with Crippen LogP contribution in [0.5, 0.6) is 0 Å². The molecule has 4 nitrogen and oxygen atoms in total. The molecular weight excluding hydrogens is 539 g/mol. The summed E-state index contributed by atoms with van der Waals surface area (Å²) in [6.45, 7) is 1.41. The van der Waals surface area contributed by atoms with Crippen LogP contribution < -0.4 is 0 Å². The van der Waals surface area contributed by atoms with Crippen molar-refractivity contribution < 1.29 is 31.9 Å². The molecule has 216 valence electrons. The number of benzene rings is 1. The van der Waals surface area contributed by atoms with Gasteiger partial charge in [0.15, 0.2) is 5.78 Å². The third kappa shape index (κ3) is 4.54. The Labute approximate surface area is 235 Å². The lowest BCUT2D eigenvalue weighted by atomic mass is 9.50. The van der Waals surface area contributed by atoms with E-state index in [-0.39, 0.29) is 31.0 Å². The molecule has 2 fully saturated rings. The van der Waals surface area contributed by atoms with Crippen molar-refractivity contribution >= 4 is 11.9 Å². The highest BCUT2D eigenvalue weighted by Gasteiger charge is 2.79. The molecule has 41 heavy (non-hydrogen) atoms. The average Bonchev–Trinajstić information content (AvgIpc) is 3.21. The number of allylic oxidation sites excluding steroid dienone is 5. The van der Waals surface area contributed by atoms with Gasteiger partial charge in [0.05, 0.1) is 12.1 Å². The molecule has 0 unspecified atom stereocenters. The van der Waals surface area contributed by atoms with Gasteiger partial charge in [0.1, 0.15) is 11.5 Å². The van der Waals surface area contributed by atoms with Crippen molar-refractivity contribution in [2.45, 2.75) is 81.9 Å². The van der Waals surface area contributed by atoms with Gasteiger partial charge in [0.25, 0.3) is 0 Å². The van der Waals surface area contributed by atoms with Gasteiger partial charge >= 0.3 is 12.1 Å². The number of fused-ring (bicyclic) bond motifs is 4. The van der Waals surface area contributed by atoms with Crippen LogP contribution in [-0.2, 0) is 4.79 Å². The summed E-state index contributed by atoms with van der Waals surface area (Å²) in [5.41, 5.74) is -0.426. The van der Waals surface area contributed by atoms with E-state index in [0.717, 1.165) is 27.8 Å². The lowest BCUT2D eigenvalue weighted by Crippen LogP contribution is -2.65.